The van der Waals surface area contributed by atoms with Gasteiger partial charge in [-0.05, 0) is 19.2 Å². The van der Waals surface area contributed by atoms with Crippen molar-refractivity contribution in [1.29, 1.82) is 0 Å². The summed E-state index contributed by atoms with van der Waals surface area (Å²) < 4.78 is 10.5. The molecule has 2 unspecified atom stereocenters. The van der Waals surface area contributed by atoms with Crippen LogP contribution in [-0.2, 0) is 9.53 Å². The summed E-state index contributed by atoms with van der Waals surface area (Å²) in [6, 6.07) is 7.43. The summed E-state index contributed by atoms with van der Waals surface area (Å²) in [5.74, 6) is 0.446. The molecule has 0 spiro atoms. The molecule has 1 aromatic carbocycles. The van der Waals surface area contributed by atoms with Gasteiger partial charge in [0.1, 0.15) is 5.75 Å². The highest BCUT2D eigenvalue weighted by Crippen LogP contribution is 2.24. The Balaban J connectivity index is 2.07. The van der Waals surface area contributed by atoms with Crippen LogP contribution < -0.4 is 15.4 Å². The van der Waals surface area contributed by atoms with Crippen LogP contribution in [0.15, 0.2) is 24.3 Å². The zero-order valence-corrected chi connectivity index (χ0v) is 10.6. The molecule has 0 aromatic heterocycles. The van der Waals surface area contributed by atoms with Crippen LogP contribution in [0.4, 0.5) is 5.69 Å². The Morgan fingerprint density at radius 3 is 2.89 bits per heavy atom. The van der Waals surface area contributed by atoms with E-state index in [1.165, 1.54) is 0 Å². The van der Waals surface area contributed by atoms with Gasteiger partial charge in [0.2, 0.25) is 5.91 Å². The molecule has 0 aliphatic carbocycles. The molecule has 0 radical (unpaired) electrons. The second kappa shape index (κ2) is 5.84. The zero-order valence-electron chi connectivity index (χ0n) is 10.6. The SMILES string of the molecule is CNC1COCC1C(=O)Nc1ccccc1OC. The van der Waals surface area contributed by atoms with E-state index in [2.05, 4.69) is 10.6 Å². The topological polar surface area (TPSA) is 59.6 Å². The van der Waals surface area contributed by atoms with E-state index in [0.717, 1.165) is 0 Å². The van der Waals surface area contributed by atoms with Gasteiger partial charge in [-0.25, -0.2) is 0 Å². The summed E-state index contributed by atoms with van der Waals surface area (Å²) in [5.41, 5.74) is 0.687. The van der Waals surface area contributed by atoms with Gasteiger partial charge >= 0.3 is 0 Å². The fraction of sp³-hybridized carbons (Fsp3) is 0.462. The van der Waals surface area contributed by atoms with Gasteiger partial charge in [0.15, 0.2) is 0 Å². The maximum absolute atomic E-state index is 12.2. The maximum atomic E-state index is 12.2. The van der Waals surface area contributed by atoms with Crippen LogP contribution in [0.1, 0.15) is 0 Å². The molecule has 0 saturated carbocycles. The second-order valence-electron chi connectivity index (χ2n) is 4.23. The molecule has 1 aromatic rings. The molecule has 1 heterocycles. The number of carbonyl (C=O) groups excluding carboxylic acids is 1. The highest BCUT2D eigenvalue weighted by atomic mass is 16.5. The summed E-state index contributed by atoms with van der Waals surface area (Å²) in [6.07, 6.45) is 0. The second-order valence-corrected chi connectivity index (χ2v) is 4.23. The Kier molecular flexibility index (Phi) is 4.17. The first-order valence-electron chi connectivity index (χ1n) is 5.95. The molecule has 5 heteroatoms. The molecule has 2 N–H and O–H groups in total. The highest BCUT2D eigenvalue weighted by Gasteiger charge is 2.33. The third-order valence-electron chi connectivity index (χ3n) is 3.15. The van der Waals surface area contributed by atoms with Crippen LogP contribution in [0.3, 0.4) is 0 Å². The molecule has 98 valence electrons. The molecular formula is C13H18N2O3. The van der Waals surface area contributed by atoms with Gasteiger partial charge in [-0.1, -0.05) is 12.1 Å². The van der Waals surface area contributed by atoms with Crippen LogP contribution in [0.25, 0.3) is 0 Å². The van der Waals surface area contributed by atoms with Gasteiger partial charge in [-0.2, -0.15) is 0 Å². The molecule has 2 rings (SSSR count). The van der Waals surface area contributed by atoms with Crippen molar-refractivity contribution in [3.05, 3.63) is 24.3 Å². The normalized spacial score (nSPS) is 22.8. The molecule has 0 bridgehead atoms. The van der Waals surface area contributed by atoms with Gasteiger partial charge in [-0.3, -0.25) is 4.79 Å². The fourth-order valence-electron chi connectivity index (χ4n) is 2.07. The van der Waals surface area contributed by atoms with Crippen LogP contribution in [0.2, 0.25) is 0 Å². The number of anilines is 1. The molecule has 1 amide bonds. The molecular weight excluding hydrogens is 232 g/mol. The Labute approximate surface area is 106 Å². The van der Waals surface area contributed by atoms with E-state index in [9.17, 15) is 4.79 Å². The summed E-state index contributed by atoms with van der Waals surface area (Å²) >= 11 is 0. The summed E-state index contributed by atoms with van der Waals surface area (Å²) in [4.78, 5) is 12.2. The van der Waals surface area contributed by atoms with Gasteiger partial charge in [0.05, 0.1) is 31.9 Å². The molecule has 2 atom stereocenters. The highest BCUT2D eigenvalue weighted by molar-refractivity contribution is 5.94. The Morgan fingerprint density at radius 2 is 2.17 bits per heavy atom. The largest absolute Gasteiger partial charge is 0.495 e. The van der Waals surface area contributed by atoms with E-state index in [-0.39, 0.29) is 17.9 Å². The number of benzene rings is 1. The fourth-order valence-corrected chi connectivity index (χ4v) is 2.07. The van der Waals surface area contributed by atoms with Crippen LogP contribution in [-0.4, -0.2) is 39.3 Å². The van der Waals surface area contributed by atoms with Crippen molar-refractivity contribution in [2.75, 3.05) is 32.7 Å². The molecule has 18 heavy (non-hydrogen) atoms. The Bertz CT molecular complexity index is 422. The predicted molar refractivity (Wildman–Crippen MR) is 68.8 cm³/mol. The Hall–Kier alpha value is -1.59. The van der Waals surface area contributed by atoms with E-state index in [4.69, 9.17) is 9.47 Å². The number of hydrogen-bond acceptors (Lipinski definition) is 4. The standard InChI is InChI=1S/C13H18N2O3/c1-14-11-8-18-7-9(11)13(16)15-10-5-3-4-6-12(10)17-2/h3-6,9,11,14H,7-8H2,1-2H3,(H,15,16). The lowest BCUT2D eigenvalue weighted by Gasteiger charge is -2.17. The predicted octanol–water partition coefficient (Wildman–Crippen LogP) is 0.868. The van der Waals surface area contributed by atoms with E-state index in [1.807, 2.05) is 31.3 Å². The van der Waals surface area contributed by atoms with Crippen molar-refractivity contribution in [2.45, 2.75) is 6.04 Å². The van der Waals surface area contributed by atoms with Crippen LogP contribution in [0, 0.1) is 5.92 Å². The lowest BCUT2D eigenvalue weighted by Crippen LogP contribution is -2.39. The number of para-hydroxylation sites is 2. The molecule has 1 fully saturated rings. The number of rotatable bonds is 4. The number of methoxy groups -OCH3 is 1. The monoisotopic (exact) mass is 250 g/mol. The lowest BCUT2D eigenvalue weighted by atomic mass is 10.0. The number of likely N-dealkylation sites (N-methyl/N-ethyl adjacent to an activating group) is 1. The summed E-state index contributed by atoms with van der Waals surface area (Å²) in [5, 5.41) is 5.98. The average molecular weight is 250 g/mol. The molecule has 1 aliphatic heterocycles. The quantitative estimate of drug-likeness (QED) is 0.832. The number of hydrogen-bond donors (Lipinski definition) is 2. The van der Waals surface area contributed by atoms with Gasteiger partial charge in [0.25, 0.3) is 0 Å². The van der Waals surface area contributed by atoms with E-state index in [0.29, 0.717) is 24.7 Å². The van der Waals surface area contributed by atoms with Crippen molar-refractivity contribution in [2.24, 2.45) is 5.92 Å². The number of ether oxygens (including phenoxy) is 2. The van der Waals surface area contributed by atoms with Crippen molar-refractivity contribution in [1.82, 2.24) is 5.32 Å². The lowest BCUT2D eigenvalue weighted by molar-refractivity contribution is -0.120. The summed E-state index contributed by atoms with van der Waals surface area (Å²) in [7, 11) is 3.42. The van der Waals surface area contributed by atoms with Crippen LogP contribution in [0.5, 0.6) is 5.75 Å². The zero-order chi connectivity index (χ0) is 13.0. The number of carbonyl (C=O) groups is 1. The van der Waals surface area contributed by atoms with Crippen molar-refractivity contribution < 1.29 is 14.3 Å². The molecule has 1 aliphatic rings. The maximum Gasteiger partial charge on any atom is 0.231 e. The average Bonchev–Trinajstić information content (AvgIpc) is 2.87. The van der Waals surface area contributed by atoms with Crippen molar-refractivity contribution >= 4 is 11.6 Å². The minimum Gasteiger partial charge on any atom is -0.495 e. The third kappa shape index (κ3) is 2.63. The smallest absolute Gasteiger partial charge is 0.231 e. The van der Waals surface area contributed by atoms with E-state index in [1.54, 1.807) is 7.11 Å². The van der Waals surface area contributed by atoms with E-state index < -0.39 is 0 Å². The number of nitrogens with one attached hydrogen (secondary N) is 2. The van der Waals surface area contributed by atoms with Crippen molar-refractivity contribution in [3.63, 3.8) is 0 Å². The third-order valence-corrected chi connectivity index (χ3v) is 3.15. The first-order valence-corrected chi connectivity index (χ1v) is 5.95. The van der Waals surface area contributed by atoms with Gasteiger partial charge in [0, 0.05) is 6.04 Å². The van der Waals surface area contributed by atoms with Gasteiger partial charge < -0.3 is 20.1 Å². The first-order chi connectivity index (χ1) is 8.76. The van der Waals surface area contributed by atoms with Crippen molar-refractivity contribution in [3.8, 4) is 5.75 Å². The van der Waals surface area contributed by atoms with E-state index >= 15 is 0 Å². The summed E-state index contributed by atoms with van der Waals surface area (Å²) in [6.45, 7) is 1.02. The minimum atomic E-state index is -0.167. The van der Waals surface area contributed by atoms with Crippen LogP contribution >= 0.6 is 0 Å². The number of amides is 1. The van der Waals surface area contributed by atoms with Gasteiger partial charge in [-0.15, -0.1) is 0 Å². The minimum absolute atomic E-state index is 0.0450. The molecule has 1 saturated heterocycles. The Morgan fingerprint density at radius 1 is 1.39 bits per heavy atom. The molecule has 5 nitrogen and oxygen atoms in total. The first kappa shape index (κ1) is 12.9.